The fourth-order valence-electron chi connectivity index (χ4n) is 2.55. The Labute approximate surface area is 162 Å². The van der Waals surface area contributed by atoms with E-state index in [-0.39, 0.29) is 23.5 Å². The molecule has 28 heavy (non-hydrogen) atoms. The molecule has 8 heteroatoms. The summed E-state index contributed by atoms with van der Waals surface area (Å²) < 4.78 is 71.2. The number of alkyl halides is 5. The molecule has 0 bridgehead atoms. The minimum Gasteiger partial charge on any atom is -0.487 e. The topological polar surface area (TPSA) is 22.1 Å². The van der Waals surface area contributed by atoms with Gasteiger partial charge in [-0.2, -0.15) is 13.2 Å². The molecule has 0 unspecified atom stereocenters. The lowest BCUT2D eigenvalue weighted by Crippen LogP contribution is -2.06. The number of ether oxygens (including phenoxy) is 1. The summed E-state index contributed by atoms with van der Waals surface area (Å²) in [7, 11) is 0. The average Bonchev–Trinajstić information content (AvgIpc) is 2.66. The molecule has 0 fully saturated rings. The Balaban J connectivity index is 1.97. The molecule has 0 radical (unpaired) electrons. The molecule has 0 spiro atoms. The summed E-state index contributed by atoms with van der Waals surface area (Å²) in [5.74, 6) is -0.195. The summed E-state index contributed by atoms with van der Waals surface area (Å²) in [5, 5.41) is -0.450. The Hall–Kier alpha value is -2.67. The van der Waals surface area contributed by atoms with Gasteiger partial charge in [-0.05, 0) is 29.3 Å². The van der Waals surface area contributed by atoms with Crippen LogP contribution in [0.2, 0.25) is 5.02 Å². The van der Waals surface area contributed by atoms with Gasteiger partial charge in [0.25, 0.3) is 6.43 Å². The van der Waals surface area contributed by atoms with E-state index >= 15 is 0 Å². The summed E-state index contributed by atoms with van der Waals surface area (Å²) in [6.45, 7) is 0.0140. The highest BCUT2D eigenvalue weighted by atomic mass is 35.5. The molecular weight excluding hydrogens is 401 g/mol. The highest BCUT2D eigenvalue weighted by Gasteiger charge is 2.33. The second-order valence-electron chi connectivity index (χ2n) is 5.87. The van der Waals surface area contributed by atoms with E-state index in [1.54, 1.807) is 30.3 Å². The molecule has 3 aromatic rings. The zero-order valence-electron chi connectivity index (χ0n) is 14.2. The maximum absolute atomic E-state index is 13.3. The van der Waals surface area contributed by atoms with Crippen molar-refractivity contribution >= 4 is 11.6 Å². The predicted octanol–water partition coefficient (Wildman–Crippen LogP) is 6.94. The Bertz CT molecular complexity index is 961. The Kier molecular flexibility index (Phi) is 5.84. The highest BCUT2D eigenvalue weighted by molar-refractivity contribution is 6.31. The van der Waals surface area contributed by atoms with Crippen LogP contribution >= 0.6 is 11.6 Å². The van der Waals surface area contributed by atoms with Crippen molar-refractivity contribution in [1.82, 2.24) is 4.98 Å². The summed E-state index contributed by atoms with van der Waals surface area (Å²) >= 11 is 5.62. The third kappa shape index (κ3) is 4.59. The molecule has 0 saturated heterocycles. The number of halogens is 6. The molecule has 2 nitrogen and oxygen atoms in total. The zero-order chi connectivity index (χ0) is 20.3. The first-order valence-corrected chi connectivity index (χ1v) is 8.45. The Morgan fingerprint density at radius 2 is 1.68 bits per heavy atom. The molecule has 0 aliphatic rings. The normalized spacial score (nSPS) is 11.7. The second-order valence-corrected chi connectivity index (χ2v) is 6.28. The molecule has 2 aromatic carbocycles. The SMILES string of the molecule is FC(F)c1ncc(-c2ccc(Cl)c(C(F)(F)F)c2)cc1OCc1ccccc1. The number of hydrogen-bond donors (Lipinski definition) is 0. The summed E-state index contributed by atoms with van der Waals surface area (Å²) in [5.41, 5.74) is -0.510. The van der Waals surface area contributed by atoms with Crippen LogP contribution in [0.4, 0.5) is 22.0 Å². The maximum Gasteiger partial charge on any atom is 0.417 e. The Morgan fingerprint density at radius 3 is 2.32 bits per heavy atom. The third-order valence-electron chi connectivity index (χ3n) is 3.93. The second kappa shape index (κ2) is 8.14. The number of rotatable bonds is 5. The van der Waals surface area contributed by atoms with Crippen LogP contribution in [-0.2, 0) is 12.8 Å². The lowest BCUT2D eigenvalue weighted by molar-refractivity contribution is -0.137. The lowest BCUT2D eigenvalue weighted by atomic mass is 10.0. The van der Waals surface area contributed by atoms with E-state index in [9.17, 15) is 22.0 Å². The molecule has 3 rings (SSSR count). The molecular formula is C20H13ClF5NO. The third-order valence-corrected chi connectivity index (χ3v) is 4.26. The van der Waals surface area contributed by atoms with Crippen LogP contribution in [0.3, 0.4) is 0 Å². The standard InChI is InChI=1S/C20H13ClF5NO/c21-16-7-6-13(8-15(16)20(24,25)26)14-9-17(18(19(22)23)27-10-14)28-11-12-4-2-1-3-5-12/h1-10,19H,11H2. The molecule has 0 atom stereocenters. The van der Waals surface area contributed by atoms with E-state index in [2.05, 4.69) is 4.98 Å². The van der Waals surface area contributed by atoms with Gasteiger partial charge in [0.1, 0.15) is 18.1 Å². The van der Waals surface area contributed by atoms with Crippen LogP contribution in [0, 0.1) is 0 Å². The number of nitrogens with zero attached hydrogens (tertiary/aromatic N) is 1. The molecule has 0 aliphatic heterocycles. The predicted molar refractivity (Wildman–Crippen MR) is 95.4 cm³/mol. The van der Waals surface area contributed by atoms with Gasteiger partial charge in [0, 0.05) is 11.8 Å². The van der Waals surface area contributed by atoms with Gasteiger partial charge in [-0.15, -0.1) is 0 Å². The van der Waals surface area contributed by atoms with E-state index in [4.69, 9.17) is 16.3 Å². The summed E-state index contributed by atoms with van der Waals surface area (Å²) in [4.78, 5) is 3.69. The minimum absolute atomic E-state index is 0.0140. The van der Waals surface area contributed by atoms with Gasteiger partial charge in [-0.25, -0.2) is 8.78 Å². The quantitative estimate of drug-likeness (QED) is 0.423. The minimum atomic E-state index is -4.64. The zero-order valence-corrected chi connectivity index (χ0v) is 14.9. The van der Waals surface area contributed by atoms with E-state index in [0.717, 1.165) is 23.9 Å². The van der Waals surface area contributed by atoms with Crippen molar-refractivity contribution in [2.24, 2.45) is 0 Å². The fraction of sp³-hybridized carbons (Fsp3) is 0.150. The van der Waals surface area contributed by atoms with Crippen molar-refractivity contribution in [3.8, 4) is 16.9 Å². The van der Waals surface area contributed by atoms with E-state index in [0.29, 0.717) is 0 Å². The summed E-state index contributed by atoms with van der Waals surface area (Å²) in [6, 6.07) is 13.4. The fourth-order valence-corrected chi connectivity index (χ4v) is 2.77. The van der Waals surface area contributed by atoms with E-state index in [1.807, 2.05) is 0 Å². The first kappa shape index (κ1) is 20.1. The van der Waals surface area contributed by atoms with Crippen molar-refractivity contribution in [2.45, 2.75) is 19.2 Å². The van der Waals surface area contributed by atoms with Crippen LogP contribution < -0.4 is 4.74 Å². The van der Waals surface area contributed by atoms with E-state index in [1.165, 1.54) is 12.1 Å². The molecule has 1 aromatic heterocycles. The molecule has 0 aliphatic carbocycles. The lowest BCUT2D eigenvalue weighted by Gasteiger charge is -2.14. The van der Waals surface area contributed by atoms with Gasteiger partial charge in [0.15, 0.2) is 0 Å². The summed E-state index contributed by atoms with van der Waals surface area (Å²) in [6.07, 6.45) is -6.45. The van der Waals surface area contributed by atoms with Gasteiger partial charge in [0.2, 0.25) is 0 Å². The van der Waals surface area contributed by atoms with Gasteiger partial charge in [0.05, 0.1) is 10.6 Å². The van der Waals surface area contributed by atoms with Crippen LogP contribution in [0.15, 0.2) is 60.8 Å². The first-order valence-electron chi connectivity index (χ1n) is 8.07. The smallest absolute Gasteiger partial charge is 0.417 e. The highest BCUT2D eigenvalue weighted by Crippen LogP contribution is 2.38. The number of benzene rings is 2. The number of pyridine rings is 1. The number of hydrogen-bond acceptors (Lipinski definition) is 2. The van der Waals surface area contributed by atoms with Crippen molar-refractivity contribution in [3.63, 3.8) is 0 Å². The Morgan fingerprint density at radius 1 is 0.964 bits per heavy atom. The average molecular weight is 414 g/mol. The monoisotopic (exact) mass is 413 g/mol. The van der Waals surface area contributed by atoms with Crippen molar-refractivity contribution in [2.75, 3.05) is 0 Å². The molecule has 0 saturated carbocycles. The number of aromatic nitrogens is 1. The van der Waals surface area contributed by atoms with Crippen molar-refractivity contribution < 1.29 is 26.7 Å². The van der Waals surface area contributed by atoms with Crippen molar-refractivity contribution in [1.29, 1.82) is 0 Å². The van der Waals surface area contributed by atoms with Crippen LogP contribution in [0.1, 0.15) is 23.2 Å². The van der Waals surface area contributed by atoms with Crippen LogP contribution in [0.25, 0.3) is 11.1 Å². The first-order chi connectivity index (χ1) is 13.3. The molecule has 0 N–H and O–H groups in total. The van der Waals surface area contributed by atoms with E-state index < -0.39 is 28.9 Å². The molecule has 0 amide bonds. The van der Waals surface area contributed by atoms with Crippen molar-refractivity contribution in [3.05, 3.63) is 82.6 Å². The molecule has 1 heterocycles. The maximum atomic E-state index is 13.3. The van der Waals surface area contributed by atoms with Gasteiger partial charge in [-0.1, -0.05) is 48.0 Å². The van der Waals surface area contributed by atoms with Gasteiger partial charge in [-0.3, -0.25) is 4.98 Å². The van der Waals surface area contributed by atoms with Gasteiger partial charge >= 0.3 is 6.18 Å². The van der Waals surface area contributed by atoms with Crippen LogP contribution in [-0.4, -0.2) is 4.98 Å². The van der Waals surface area contributed by atoms with Gasteiger partial charge < -0.3 is 4.74 Å². The molecule has 146 valence electrons. The largest absolute Gasteiger partial charge is 0.487 e. The van der Waals surface area contributed by atoms with Crippen LogP contribution in [0.5, 0.6) is 5.75 Å².